The minimum Gasteiger partial charge on any atom is -0.453 e. The van der Waals surface area contributed by atoms with Crippen LogP contribution < -0.4 is 16.0 Å². The van der Waals surface area contributed by atoms with Crippen LogP contribution in [0.25, 0.3) is 33.2 Å². The van der Waals surface area contributed by atoms with Gasteiger partial charge in [-0.15, -0.1) is 0 Å². The predicted molar refractivity (Wildman–Crippen MR) is 237 cm³/mol. The number of methoxy groups -OCH3 is 2. The summed E-state index contributed by atoms with van der Waals surface area (Å²) in [6.07, 6.45) is 2.47. The number of carbonyl (C=O) groups is 4. The fourth-order valence-electron chi connectivity index (χ4n) is 8.90. The number of ether oxygens (including phenoxy) is 2. The van der Waals surface area contributed by atoms with E-state index in [2.05, 4.69) is 81.6 Å². The summed E-state index contributed by atoms with van der Waals surface area (Å²) in [5.74, 6) is 0.394. The second-order valence-corrected chi connectivity index (χ2v) is 16.6. The first-order valence-electron chi connectivity index (χ1n) is 21.3. The van der Waals surface area contributed by atoms with Crippen LogP contribution >= 0.6 is 0 Å². The van der Waals surface area contributed by atoms with Gasteiger partial charge in [-0.2, -0.15) is 5.26 Å². The van der Waals surface area contributed by atoms with Crippen LogP contribution in [0.3, 0.4) is 0 Å². The van der Waals surface area contributed by atoms with Crippen LogP contribution in [0.5, 0.6) is 0 Å². The van der Waals surface area contributed by atoms with Crippen molar-refractivity contribution in [3.63, 3.8) is 0 Å². The molecule has 1 unspecified atom stereocenters. The molecule has 1 aromatic heterocycles. The molecule has 0 spiro atoms. The van der Waals surface area contributed by atoms with E-state index < -0.39 is 36.2 Å². The number of imidazole rings is 1. The van der Waals surface area contributed by atoms with Crippen molar-refractivity contribution in [2.24, 2.45) is 16.8 Å². The lowest BCUT2D eigenvalue weighted by Crippen LogP contribution is -2.54. The first-order valence-corrected chi connectivity index (χ1v) is 21.3. The molecule has 4 heterocycles. The van der Waals surface area contributed by atoms with E-state index in [9.17, 15) is 24.4 Å². The molecule has 0 bridgehead atoms. The van der Waals surface area contributed by atoms with Crippen molar-refractivity contribution < 1.29 is 28.7 Å². The summed E-state index contributed by atoms with van der Waals surface area (Å²) in [7, 11) is 2.54. The third kappa shape index (κ3) is 8.93. The maximum absolute atomic E-state index is 14.1. The van der Waals surface area contributed by atoms with Gasteiger partial charge in [0.15, 0.2) is 0 Å². The molecule has 2 fully saturated rings. The van der Waals surface area contributed by atoms with E-state index in [1.165, 1.54) is 14.2 Å². The van der Waals surface area contributed by atoms with Gasteiger partial charge in [0.25, 0.3) is 5.91 Å². The lowest BCUT2D eigenvalue weighted by molar-refractivity contribution is -0.135. The molecule has 4 N–H and O–H groups in total. The van der Waals surface area contributed by atoms with Gasteiger partial charge in [0, 0.05) is 18.7 Å². The second-order valence-electron chi connectivity index (χ2n) is 16.6. The van der Waals surface area contributed by atoms with E-state index in [0.29, 0.717) is 30.9 Å². The molecule has 0 radical (unpaired) electrons. The summed E-state index contributed by atoms with van der Waals surface area (Å²) in [6, 6.07) is 30.0. The molecule has 63 heavy (non-hydrogen) atoms. The molecule has 15 heteroatoms. The van der Waals surface area contributed by atoms with Crippen molar-refractivity contribution in [3.05, 3.63) is 114 Å². The molecular formula is C48H51N9O6. The molecule has 0 aliphatic carbocycles. The van der Waals surface area contributed by atoms with Crippen LogP contribution in [0.4, 0.5) is 9.59 Å². The van der Waals surface area contributed by atoms with E-state index in [1.807, 2.05) is 30.9 Å². The number of likely N-dealkylation sites (tertiary alicyclic amines) is 2. The van der Waals surface area contributed by atoms with Crippen LogP contribution in [0.1, 0.15) is 68.2 Å². The summed E-state index contributed by atoms with van der Waals surface area (Å²) in [6.45, 7) is 5.19. The highest BCUT2D eigenvalue weighted by Gasteiger charge is 2.42. The van der Waals surface area contributed by atoms with Crippen molar-refractivity contribution in [2.45, 2.75) is 63.3 Å². The molecule has 8 rings (SSSR count). The summed E-state index contributed by atoms with van der Waals surface area (Å²) in [5, 5.41) is 21.0. The van der Waals surface area contributed by atoms with Crippen molar-refractivity contribution in [3.8, 4) is 28.5 Å². The van der Waals surface area contributed by atoms with Gasteiger partial charge in [-0.3, -0.25) is 14.6 Å². The van der Waals surface area contributed by atoms with Gasteiger partial charge in [0.1, 0.15) is 23.7 Å². The minimum atomic E-state index is -1.000. The van der Waals surface area contributed by atoms with Crippen LogP contribution in [-0.4, -0.2) is 95.5 Å². The Hall–Kier alpha value is -7.21. The number of rotatable bonds is 11. The highest BCUT2D eigenvalue weighted by molar-refractivity contribution is 5.96. The number of nitrogens with zero attached hydrogens (tertiary/aromatic N) is 5. The van der Waals surface area contributed by atoms with Crippen molar-refractivity contribution in [1.29, 1.82) is 5.26 Å². The van der Waals surface area contributed by atoms with Crippen molar-refractivity contribution in [1.82, 2.24) is 35.7 Å². The third-order valence-electron chi connectivity index (χ3n) is 12.3. The van der Waals surface area contributed by atoms with E-state index in [0.717, 1.165) is 57.4 Å². The molecule has 3 aliphatic rings. The Kier molecular flexibility index (Phi) is 12.4. The number of H-pyrrole nitrogens is 1. The Bertz CT molecular complexity index is 2570. The zero-order valence-corrected chi connectivity index (χ0v) is 35.7. The summed E-state index contributed by atoms with van der Waals surface area (Å²) in [5.41, 5.74) is 5.57. The first-order chi connectivity index (χ1) is 30.5. The standard InChI is InChI=1S/C48H51N9O6/c1-28(2)41(54-47(60)62-3)45(58)56-20-8-11-39(56)43-50-25-37(52-43)31-14-12-30(13-15-31)33-16-17-35-23-36(19-18-34(35)22-33)38-26-51-44(53-38)40-21-29(24-49)27-57(40)46(59)42(55-48(61)63-4)32-9-6-5-7-10-32/h5-7,9-10,12-19,22-23,26,28-29,37,39-42H,8,11,20-21,25,27H2,1-4H3,(H,50,52)(H,51,53)(H,54,60)(H,55,61)/t29-,37?,39+,40+,41+,42-/m1/s1. The van der Waals surface area contributed by atoms with Gasteiger partial charge < -0.3 is 40.2 Å². The molecular weight excluding hydrogens is 799 g/mol. The van der Waals surface area contributed by atoms with Crippen LogP contribution in [-0.2, 0) is 19.1 Å². The Balaban J connectivity index is 0.933. The third-order valence-corrected chi connectivity index (χ3v) is 12.3. The number of aliphatic imine (C=N–C) groups is 1. The highest BCUT2D eigenvalue weighted by Crippen LogP contribution is 2.37. The van der Waals surface area contributed by atoms with E-state index in [1.54, 1.807) is 35.4 Å². The molecule has 6 atom stereocenters. The number of fused-ring (bicyclic) bond motifs is 1. The predicted octanol–water partition coefficient (Wildman–Crippen LogP) is 6.82. The number of hydrogen-bond acceptors (Lipinski definition) is 10. The summed E-state index contributed by atoms with van der Waals surface area (Å²) >= 11 is 0. The topological polar surface area (TPSA) is 194 Å². The second kappa shape index (κ2) is 18.4. The number of nitrogens with one attached hydrogen (secondary N) is 4. The number of carbonyl (C=O) groups excluding carboxylic acids is 4. The summed E-state index contributed by atoms with van der Waals surface area (Å²) < 4.78 is 9.60. The lowest BCUT2D eigenvalue weighted by Gasteiger charge is -2.31. The maximum Gasteiger partial charge on any atom is 0.407 e. The van der Waals surface area contributed by atoms with Gasteiger partial charge in [-0.25, -0.2) is 14.6 Å². The average Bonchev–Trinajstić information content (AvgIpc) is 4.16. The zero-order chi connectivity index (χ0) is 44.2. The summed E-state index contributed by atoms with van der Waals surface area (Å²) in [4.78, 5) is 68.4. The normalized spacial score (nSPS) is 20.4. The number of alkyl carbamates (subject to hydrolysis) is 2. The van der Waals surface area contributed by atoms with Gasteiger partial charge in [-0.1, -0.05) is 92.7 Å². The largest absolute Gasteiger partial charge is 0.453 e. The Morgan fingerprint density at radius 1 is 0.825 bits per heavy atom. The van der Waals surface area contributed by atoms with E-state index in [-0.39, 0.29) is 36.4 Å². The fraction of sp³-hybridized carbons (Fsp3) is 0.354. The molecule has 4 aromatic carbocycles. The molecule has 324 valence electrons. The SMILES string of the molecule is COC(=O)N[C@H](C(=O)N1CCC[C@H]1C1=NCC(c2ccc(-c3ccc4cc(-c5cnc([C@@H]6C[C@H](C#N)CN6C(=O)[C@H](NC(=O)OC)c6ccccc6)[nH]5)ccc4c3)cc2)N1)C(C)C. The molecule has 0 saturated carbocycles. The monoisotopic (exact) mass is 849 g/mol. The number of benzene rings is 4. The zero-order valence-electron chi connectivity index (χ0n) is 35.7. The first kappa shape index (κ1) is 42.5. The van der Waals surface area contributed by atoms with E-state index in [4.69, 9.17) is 19.5 Å². The van der Waals surface area contributed by atoms with Gasteiger partial charge in [0.05, 0.1) is 62.8 Å². The quantitative estimate of drug-likeness (QED) is 0.110. The number of nitriles is 1. The minimum absolute atomic E-state index is 0.0153. The number of aromatic nitrogens is 2. The molecule has 15 nitrogen and oxygen atoms in total. The Morgan fingerprint density at radius 2 is 1.51 bits per heavy atom. The number of amides is 4. The fourth-order valence-corrected chi connectivity index (χ4v) is 8.90. The highest BCUT2D eigenvalue weighted by atomic mass is 16.5. The van der Waals surface area contributed by atoms with E-state index >= 15 is 0 Å². The molecule has 4 amide bonds. The smallest absolute Gasteiger partial charge is 0.407 e. The van der Waals surface area contributed by atoms with Crippen molar-refractivity contribution in [2.75, 3.05) is 33.9 Å². The number of aromatic amines is 1. The van der Waals surface area contributed by atoms with Crippen LogP contribution in [0, 0.1) is 23.2 Å². The molecule has 2 saturated heterocycles. The van der Waals surface area contributed by atoms with Gasteiger partial charge in [0.2, 0.25) is 5.91 Å². The van der Waals surface area contributed by atoms with Crippen LogP contribution in [0.2, 0.25) is 0 Å². The Morgan fingerprint density at radius 3 is 2.21 bits per heavy atom. The number of hydrogen-bond donors (Lipinski definition) is 4. The van der Waals surface area contributed by atoms with Crippen molar-refractivity contribution >= 4 is 40.6 Å². The molecule has 5 aromatic rings. The van der Waals surface area contributed by atoms with Gasteiger partial charge >= 0.3 is 12.2 Å². The van der Waals surface area contributed by atoms with Crippen LogP contribution in [0.15, 0.2) is 102 Å². The molecule has 3 aliphatic heterocycles. The Labute approximate surface area is 365 Å². The van der Waals surface area contributed by atoms with Gasteiger partial charge in [-0.05, 0) is 70.3 Å². The maximum atomic E-state index is 14.1. The lowest BCUT2D eigenvalue weighted by atomic mass is 9.97. The average molecular weight is 850 g/mol. The number of amidine groups is 1.